The summed E-state index contributed by atoms with van der Waals surface area (Å²) >= 11 is 0. The Hall–Kier alpha value is -1.41. The van der Waals surface area contributed by atoms with E-state index in [0.29, 0.717) is 6.42 Å². The number of aromatic nitrogens is 1. The van der Waals surface area contributed by atoms with E-state index in [2.05, 4.69) is 15.4 Å². The van der Waals surface area contributed by atoms with E-state index in [4.69, 9.17) is 4.52 Å². The fourth-order valence-electron chi connectivity index (χ4n) is 3.24. The first kappa shape index (κ1) is 15.5. The zero-order valence-corrected chi connectivity index (χ0v) is 13.4. The molecular formula is C14H21N3O4S. The first-order valence-electron chi connectivity index (χ1n) is 7.60. The van der Waals surface area contributed by atoms with Crippen LogP contribution in [0.3, 0.4) is 0 Å². The molecule has 2 fully saturated rings. The molecule has 2 aliphatic rings. The first-order valence-corrected chi connectivity index (χ1v) is 9.42. The summed E-state index contributed by atoms with van der Waals surface area (Å²) in [7, 11) is -2.97. The Balaban J connectivity index is 1.56. The molecule has 1 N–H and O–H groups in total. The zero-order valence-electron chi connectivity index (χ0n) is 12.6. The molecule has 2 atom stereocenters. The average molecular weight is 327 g/mol. The van der Waals surface area contributed by atoms with Gasteiger partial charge in [-0.05, 0) is 32.7 Å². The molecule has 0 aliphatic carbocycles. The Morgan fingerprint density at radius 3 is 2.95 bits per heavy atom. The third kappa shape index (κ3) is 3.49. The van der Waals surface area contributed by atoms with Crippen molar-refractivity contribution in [3.63, 3.8) is 0 Å². The number of rotatable bonds is 4. The van der Waals surface area contributed by atoms with Crippen molar-refractivity contribution in [1.29, 1.82) is 0 Å². The van der Waals surface area contributed by atoms with Gasteiger partial charge in [0.2, 0.25) is 5.91 Å². The highest BCUT2D eigenvalue weighted by Gasteiger charge is 2.32. The lowest BCUT2D eigenvalue weighted by molar-refractivity contribution is -0.123. The van der Waals surface area contributed by atoms with Gasteiger partial charge in [-0.2, -0.15) is 0 Å². The van der Waals surface area contributed by atoms with Crippen molar-refractivity contribution in [2.75, 3.05) is 24.6 Å². The number of aryl methyl sites for hydroxylation is 1. The van der Waals surface area contributed by atoms with Crippen LogP contribution in [0.5, 0.6) is 0 Å². The van der Waals surface area contributed by atoms with Crippen LogP contribution in [-0.4, -0.2) is 55.0 Å². The van der Waals surface area contributed by atoms with Gasteiger partial charge in [-0.15, -0.1) is 0 Å². The summed E-state index contributed by atoms with van der Waals surface area (Å²) in [6.07, 6.45) is 2.47. The summed E-state index contributed by atoms with van der Waals surface area (Å²) in [4.78, 5) is 14.2. The molecule has 3 rings (SSSR count). The highest BCUT2D eigenvalue weighted by molar-refractivity contribution is 7.91. The van der Waals surface area contributed by atoms with Crippen molar-refractivity contribution >= 4 is 15.7 Å². The topological polar surface area (TPSA) is 92.5 Å². The van der Waals surface area contributed by atoms with Gasteiger partial charge in [-0.3, -0.25) is 9.69 Å². The minimum atomic E-state index is -2.97. The number of amides is 1. The van der Waals surface area contributed by atoms with Gasteiger partial charge in [-0.1, -0.05) is 5.16 Å². The van der Waals surface area contributed by atoms with Gasteiger partial charge in [0.05, 0.1) is 29.8 Å². The second-order valence-corrected chi connectivity index (χ2v) is 8.40. The van der Waals surface area contributed by atoms with Crippen LogP contribution in [0.15, 0.2) is 10.6 Å². The van der Waals surface area contributed by atoms with E-state index in [1.54, 1.807) is 0 Å². The molecule has 1 aromatic heterocycles. The zero-order chi connectivity index (χ0) is 15.7. The van der Waals surface area contributed by atoms with Gasteiger partial charge in [-0.25, -0.2) is 8.42 Å². The lowest BCUT2D eigenvalue weighted by Gasteiger charge is -2.22. The lowest BCUT2D eigenvalue weighted by Crippen LogP contribution is -2.42. The van der Waals surface area contributed by atoms with E-state index < -0.39 is 9.84 Å². The van der Waals surface area contributed by atoms with E-state index >= 15 is 0 Å². The number of sulfone groups is 1. The molecular weight excluding hydrogens is 306 g/mol. The van der Waals surface area contributed by atoms with Gasteiger partial charge in [0, 0.05) is 12.1 Å². The lowest BCUT2D eigenvalue weighted by atomic mass is 10.1. The van der Waals surface area contributed by atoms with Crippen LogP contribution in [0.4, 0.5) is 0 Å². The van der Waals surface area contributed by atoms with Crippen LogP contribution < -0.4 is 5.32 Å². The molecule has 3 heterocycles. The molecule has 8 heteroatoms. The van der Waals surface area contributed by atoms with E-state index in [9.17, 15) is 13.2 Å². The van der Waals surface area contributed by atoms with Gasteiger partial charge in [0.1, 0.15) is 0 Å². The summed E-state index contributed by atoms with van der Waals surface area (Å²) in [5.41, 5.74) is 0.836. The maximum absolute atomic E-state index is 12.2. The molecule has 1 amide bonds. The van der Waals surface area contributed by atoms with Crippen LogP contribution in [0.1, 0.15) is 36.8 Å². The number of hydrogen-bond acceptors (Lipinski definition) is 6. The maximum Gasteiger partial charge on any atom is 0.234 e. The molecule has 7 nitrogen and oxygen atoms in total. The molecule has 0 radical (unpaired) electrons. The average Bonchev–Trinajstić information content (AvgIpc) is 3.11. The van der Waals surface area contributed by atoms with E-state index in [0.717, 1.165) is 30.8 Å². The molecule has 0 bridgehead atoms. The van der Waals surface area contributed by atoms with Crippen LogP contribution in [-0.2, 0) is 14.6 Å². The Labute approximate surface area is 129 Å². The summed E-state index contributed by atoms with van der Waals surface area (Å²) < 4.78 is 28.2. The minimum absolute atomic E-state index is 0.0590. The van der Waals surface area contributed by atoms with Crippen LogP contribution >= 0.6 is 0 Å². The largest absolute Gasteiger partial charge is 0.359 e. The number of nitrogens with one attached hydrogen (secondary N) is 1. The van der Waals surface area contributed by atoms with E-state index in [-0.39, 0.29) is 36.0 Å². The van der Waals surface area contributed by atoms with Crippen molar-refractivity contribution in [2.45, 2.75) is 38.3 Å². The summed E-state index contributed by atoms with van der Waals surface area (Å²) in [5.74, 6) is 0.905. The Kier molecular flexibility index (Phi) is 4.22. The Morgan fingerprint density at radius 1 is 1.50 bits per heavy atom. The van der Waals surface area contributed by atoms with Gasteiger partial charge >= 0.3 is 0 Å². The summed E-state index contributed by atoms with van der Waals surface area (Å²) in [6, 6.07) is 1.75. The second-order valence-electron chi connectivity index (χ2n) is 6.17. The standard InChI is InChI=1S/C14H21N3O4S/c1-10-7-13(21-16-10)12-3-2-5-17(12)8-14(18)15-11-4-6-22(19,20)9-11/h7,11-12H,2-6,8-9H2,1H3,(H,15,18)/t11-,12+/m1/s1. The van der Waals surface area contributed by atoms with Crippen molar-refractivity contribution < 1.29 is 17.7 Å². The third-order valence-electron chi connectivity index (χ3n) is 4.28. The highest BCUT2D eigenvalue weighted by atomic mass is 32.2. The predicted molar refractivity (Wildman–Crippen MR) is 80.0 cm³/mol. The highest BCUT2D eigenvalue weighted by Crippen LogP contribution is 2.31. The molecule has 0 aromatic carbocycles. The van der Waals surface area contributed by atoms with Crippen LogP contribution in [0.25, 0.3) is 0 Å². The molecule has 0 saturated carbocycles. The maximum atomic E-state index is 12.2. The fraction of sp³-hybridized carbons (Fsp3) is 0.714. The smallest absolute Gasteiger partial charge is 0.234 e. The van der Waals surface area contributed by atoms with Crippen molar-refractivity contribution in [2.24, 2.45) is 0 Å². The van der Waals surface area contributed by atoms with E-state index in [1.165, 1.54) is 0 Å². The predicted octanol–water partition coefficient (Wildman–Crippen LogP) is 0.423. The molecule has 2 saturated heterocycles. The van der Waals surface area contributed by atoms with Gasteiger partial charge in [0.15, 0.2) is 15.6 Å². The molecule has 122 valence electrons. The number of hydrogen-bond donors (Lipinski definition) is 1. The normalized spacial score (nSPS) is 28.0. The minimum Gasteiger partial charge on any atom is -0.359 e. The van der Waals surface area contributed by atoms with Crippen molar-refractivity contribution in [1.82, 2.24) is 15.4 Å². The number of carbonyl (C=O) groups excluding carboxylic acids is 1. The monoisotopic (exact) mass is 327 g/mol. The van der Waals surface area contributed by atoms with Crippen LogP contribution in [0.2, 0.25) is 0 Å². The van der Waals surface area contributed by atoms with Crippen molar-refractivity contribution in [3.8, 4) is 0 Å². The molecule has 1 aromatic rings. The Bertz CT molecular complexity index is 655. The summed E-state index contributed by atoms with van der Waals surface area (Å²) in [5, 5.41) is 6.74. The van der Waals surface area contributed by atoms with E-state index in [1.807, 2.05) is 13.0 Å². The quantitative estimate of drug-likeness (QED) is 0.862. The molecule has 0 spiro atoms. The SMILES string of the molecule is Cc1cc([C@@H]2CCCN2CC(=O)N[C@@H]2CCS(=O)(=O)C2)on1. The number of nitrogens with zero attached hydrogens (tertiary/aromatic N) is 2. The molecule has 0 unspecified atom stereocenters. The summed E-state index contributed by atoms with van der Waals surface area (Å²) in [6.45, 7) is 2.97. The second kappa shape index (κ2) is 6.00. The number of likely N-dealkylation sites (tertiary alicyclic amines) is 1. The fourth-order valence-corrected chi connectivity index (χ4v) is 4.92. The third-order valence-corrected chi connectivity index (χ3v) is 6.05. The number of carbonyl (C=O) groups is 1. The molecule has 22 heavy (non-hydrogen) atoms. The molecule has 2 aliphatic heterocycles. The van der Waals surface area contributed by atoms with Gasteiger partial charge < -0.3 is 9.84 Å². The van der Waals surface area contributed by atoms with Crippen LogP contribution in [0, 0.1) is 6.92 Å². The van der Waals surface area contributed by atoms with Gasteiger partial charge in [0.25, 0.3) is 0 Å². The first-order chi connectivity index (χ1) is 10.4. The van der Waals surface area contributed by atoms with Crippen molar-refractivity contribution in [3.05, 3.63) is 17.5 Å². The Morgan fingerprint density at radius 2 is 2.32 bits per heavy atom.